The summed E-state index contributed by atoms with van der Waals surface area (Å²) in [6, 6.07) is 6.51. The molecule has 0 amide bonds. The van der Waals surface area contributed by atoms with Crippen LogP contribution in [0.25, 0.3) is 0 Å². The van der Waals surface area contributed by atoms with E-state index < -0.39 is 5.97 Å². The number of hydrogen-bond donors (Lipinski definition) is 1. The van der Waals surface area contributed by atoms with E-state index in [1.807, 2.05) is 6.08 Å². The first-order chi connectivity index (χ1) is 15.7. The van der Waals surface area contributed by atoms with Crippen LogP contribution in [0.5, 0.6) is 0 Å². The Morgan fingerprint density at radius 1 is 1.06 bits per heavy atom. The lowest BCUT2D eigenvalue weighted by atomic mass is 9.47. The van der Waals surface area contributed by atoms with Gasteiger partial charge in [-0.1, -0.05) is 32.1 Å². The van der Waals surface area contributed by atoms with E-state index in [-0.39, 0.29) is 22.6 Å². The molecule has 4 heteroatoms. The third-order valence-electron chi connectivity index (χ3n) is 10.0. The fourth-order valence-corrected chi connectivity index (χ4v) is 8.12. The van der Waals surface area contributed by atoms with Crippen molar-refractivity contribution in [1.29, 1.82) is 0 Å². The molecule has 6 atom stereocenters. The second-order valence-electron chi connectivity index (χ2n) is 11.4. The monoisotopic (exact) mass is 450 g/mol. The van der Waals surface area contributed by atoms with E-state index in [1.165, 1.54) is 17.7 Å². The summed E-state index contributed by atoms with van der Waals surface area (Å²) in [6.07, 6.45) is 12.4. The highest BCUT2D eigenvalue weighted by Gasteiger charge is 2.59. The second-order valence-corrected chi connectivity index (χ2v) is 11.4. The first-order valence-corrected chi connectivity index (χ1v) is 12.6. The van der Waals surface area contributed by atoms with Gasteiger partial charge in [0.1, 0.15) is 11.6 Å². The van der Waals surface area contributed by atoms with Gasteiger partial charge in [0, 0.05) is 17.9 Å². The van der Waals surface area contributed by atoms with Crippen LogP contribution in [0.3, 0.4) is 0 Å². The molecule has 1 aromatic carbocycles. The highest BCUT2D eigenvalue weighted by atomic mass is 19.1. The number of rotatable bonds is 5. The largest absolute Gasteiger partial charge is 0.478 e. The Labute approximate surface area is 196 Å². The SMILES string of the molecule is C[C@]12CC[C@H]3[C@@H](CC=C4C=C(C(=O)O)CC[C@@]43C)[C@@H]1CC[C@@H]2C(=O)CCc1ccc(F)cc1. The van der Waals surface area contributed by atoms with Crippen molar-refractivity contribution in [1.82, 2.24) is 0 Å². The Kier molecular flexibility index (Phi) is 5.61. The van der Waals surface area contributed by atoms with Crippen molar-refractivity contribution in [2.75, 3.05) is 0 Å². The van der Waals surface area contributed by atoms with Gasteiger partial charge in [0.2, 0.25) is 0 Å². The average molecular weight is 451 g/mol. The molecule has 0 saturated heterocycles. The van der Waals surface area contributed by atoms with E-state index in [2.05, 4.69) is 19.9 Å². The maximum absolute atomic E-state index is 13.3. The lowest BCUT2D eigenvalue weighted by molar-refractivity contribution is -0.133. The van der Waals surface area contributed by atoms with E-state index in [0.29, 0.717) is 48.4 Å². The highest BCUT2D eigenvalue weighted by Crippen LogP contribution is 2.66. The summed E-state index contributed by atoms with van der Waals surface area (Å²) in [7, 11) is 0. The van der Waals surface area contributed by atoms with Crippen LogP contribution in [0.4, 0.5) is 4.39 Å². The number of carbonyl (C=O) groups excluding carboxylic acids is 1. The number of aliphatic carboxylic acids is 1. The molecule has 4 aliphatic carbocycles. The molecule has 176 valence electrons. The molecular formula is C29H35FO3. The van der Waals surface area contributed by atoms with Crippen LogP contribution >= 0.6 is 0 Å². The fraction of sp³-hybridized carbons (Fsp3) is 0.586. The highest BCUT2D eigenvalue weighted by molar-refractivity contribution is 5.87. The number of benzene rings is 1. The van der Waals surface area contributed by atoms with Crippen LogP contribution in [0.2, 0.25) is 0 Å². The van der Waals surface area contributed by atoms with Crippen LogP contribution in [0, 0.1) is 40.3 Å². The third-order valence-corrected chi connectivity index (χ3v) is 10.0. The minimum Gasteiger partial charge on any atom is -0.478 e. The van der Waals surface area contributed by atoms with Gasteiger partial charge in [-0.2, -0.15) is 0 Å². The first kappa shape index (κ1) is 22.6. The number of aryl methyl sites for hydroxylation is 1. The molecule has 1 aromatic rings. The summed E-state index contributed by atoms with van der Waals surface area (Å²) < 4.78 is 13.2. The van der Waals surface area contributed by atoms with E-state index in [9.17, 15) is 19.1 Å². The zero-order valence-electron chi connectivity index (χ0n) is 19.8. The van der Waals surface area contributed by atoms with Gasteiger partial charge in [-0.15, -0.1) is 0 Å². The van der Waals surface area contributed by atoms with Gasteiger partial charge in [-0.3, -0.25) is 4.79 Å². The summed E-state index contributed by atoms with van der Waals surface area (Å²) in [5.41, 5.74) is 2.94. The molecule has 0 spiro atoms. The summed E-state index contributed by atoms with van der Waals surface area (Å²) in [6.45, 7) is 4.72. The molecule has 5 rings (SSSR count). The lowest BCUT2D eigenvalue weighted by Gasteiger charge is -2.57. The van der Waals surface area contributed by atoms with Gasteiger partial charge >= 0.3 is 5.97 Å². The number of allylic oxidation sites excluding steroid dienone is 3. The number of ketones is 1. The fourth-order valence-electron chi connectivity index (χ4n) is 8.12. The van der Waals surface area contributed by atoms with Gasteiger partial charge in [0.15, 0.2) is 0 Å². The average Bonchev–Trinajstić information content (AvgIpc) is 3.15. The molecule has 33 heavy (non-hydrogen) atoms. The Morgan fingerprint density at radius 3 is 2.55 bits per heavy atom. The summed E-state index contributed by atoms with van der Waals surface area (Å²) in [5, 5.41) is 9.47. The van der Waals surface area contributed by atoms with Gasteiger partial charge in [-0.05, 0) is 109 Å². The number of halogens is 1. The summed E-state index contributed by atoms with van der Waals surface area (Å²) >= 11 is 0. The lowest BCUT2D eigenvalue weighted by Crippen LogP contribution is -2.50. The van der Waals surface area contributed by atoms with Crippen molar-refractivity contribution in [3.05, 3.63) is 58.9 Å². The predicted molar refractivity (Wildman–Crippen MR) is 126 cm³/mol. The Bertz CT molecular complexity index is 1020. The molecule has 0 radical (unpaired) electrons. The maximum atomic E-state index is 13.3. The van der Waals surface area contributed by atoms with Crippen LogP contribution in [-0.2, 0) is 16.0 Å². The minimum atomic E-state index is -0.783. The number of carboxylic acids is 1. The number of Topliss-reactive ketones (excluding diaryl/α,β-unsaturated/α-hetero) is 1. The van der Waals surface area contributed by atoms with Gasteiger partial charge in [0.05, 0.1) is 0 Å². The number of carbonyl (C=O) groups is 2. The third kappa shape index (κ3) is 3.70. The second kappa shape index (κ2) is 8.21. The Balaban J connectivity index is 1.32. The Morgan fingerprint density at radius 2 is 1.82 bits per heavy atom. The molecule has 4 aliphatic rings. The molecule has 0 aromatic heterocycles. The molecule has 1 N–H and O–H groups in total. The van der Waals surface area contributed by atoms with Crippen LogP contribution in [0.1, 0.15) is 70.8 Å². The molecule has 0 bridgehead atoms. The van der Waals surface area contributed by atoms with E-state index in [0.717, 1.165) is 44.1 Å². The van der Waals surface area contributed by atoms with Crippen molar-refractivity contribution < 1.29 is 19.1 Å². The number of hydrogen-bond acceptors (Lipinski definition) is 2. The molecule has 0 aliphatic heterocycles. The molecule has 2 fully saturated rings. The van der Waals surface area contributed by atoms with E-state index >= 15 is 0 Å². The van der Waals surface area contributed by atoms with Gasteiger partial charge < -0.3 is 5.11 Å². The van der Waals surface area contributed by atoms with Crippen molar-refractivity contribution in [2.45, 2.75) is 71.6 Å². The van der Waals surface area contributed by atoms with Crippen molar-refractivity contribution in [2.24, 2.45) is 34.5 Å². The van der Waals surface area contributed by atoms with Gasteiger partial charge in [-0.25, -0.2) is 9.18 Å². The van der Waals surface area contributed by atoms with Crippen molar-refractivity contribution in [3.8, 4) is 0 Å². The topological polar surface area (TPSA) is 54.4 Å². The summed E-state index contributed by atoms with van der Waals surface area (Å²) in [5.74, 6) is 1.23. The normalized spacial score (nSPS) is 37.3. The van der Waals surface area contributed by atoms with Crippen molar-refractivity contribution in [3.63, 3.8) is 0 Å². The quantitative estimate of drug-likeness (QED) is 0.555. The van der Waals surface area contributed by atoms with Crippen LogP contribution < -0.4 is 0 Å². The smallest absolute Gasteiger partial charge is 0.331 e. The van der Waals surface area contributed by atoms with Crippen LogP contribution in [-0.4, -0.2) is 16.9 Å². The zero-order chi connectivity index (χ0) is 23.4. The van der Waals surface area contributed by atoms with E-state index in [1.54, 1.807) is 12.1 Å². The van der Waals surface area contributed by atoms with E-state index in [4.69, 9.17) is 0 Å². The minimum absolute atomic E-state index is 0.0634. The number of carboxylic acid groups (broad SMARTS) is 1. The summed E-state index contributed by atoms with van der Waals surface area (Å²) in [4.78, 5) is 24.9. The Hall–Kier alpha value is -2.23. The van der Waals surface area contributed by atoms with Crippen LogP contribution in [0.15, 0.2) is 47.6 Å². The molecule has 3 nitrogen and oxygen atoms in total. The standard InChI is InChI=1S/C29H35FO3/c1-28-15-13-19(27(32)33)17-20(28)6-9-22-23-10-11-25(29(23,2)16-14-24(22)28)26(31)12-5-18-3-7-21(30)8-4-18/h3-4,6-8,17,22-25H,5,9-16H2,1-2H3,(H,32,33)/t22-,23-,24-,25+,28-,29-/m0/s1. The first-order valence-electron chi connectivity index (χ1n) is 12.6. The predicted octanol–water partition coefficient (Wildman–Crippen LogP) is 6.53. The molecule has 0 unspecified atom stereocenters. The molecule has 2 saturated carbocycles. The van der Waals surface area contributed by atoms with Crippen molar-refractivity contribution >= 4 is 11.8 Å². The maximum Gasteiger partial charge on any atom is 0.331 e. The molecular weight excluding hydrogens is 415 g/mol. The molecule has 0 heterocycles. The van der Waals surface area contributed by atoms with Gasteiger partial charge in [0.25, 0.3) is 0 Å². The zero-order valence-corrected chi connectivity index (χ0v) is 19.8. The number of fused-ring (bicyclic) bond motifs is 5.